The molecule has 4 nitrogen and oxygen atoms in total. The second kappa shape index (κ2) is 6.94. The number of nitrogens with zero attached hydrogens (tertiary/aromatic N) is 1. The number of benzene rings is 2. The van der Waals surface area contributed by atoms with Crippen molar-refractivity contribution in [1.29, 1.82) is 0 Å². The molecule has 1 saturated heterocycles. The molecule has 2 aromatic carbocycles. The van der Waals surface area contributed by atoms with Crippen LogP contribution < -0.4 is 0 Å². The molecule has 2 bridgehead atoms. The fourth-order valence-electron chi connectivity index (χ4n) is 7.52. The van der Waals surface area contributed by atoms with Gasteiger partial charge in [0, 0.05) is 25.5 Å². The van der Waals surface area contributed by atoms with Gasteiger partial charge in [0.2, 0.25) is 5.91 Å². The Morgan fingerprint density at radius 2 is 1.73 bits per heavy atom. The van der Waals surface area contributed by atoms with Crippen LogP contribution in [0.1, 0.15) is 47.8 Å². The van der Waals surface area contributed by atoms with Gasteiger partial charge in [-0.2, -0.15) is 0 Å². The van der Waals surface area contributed by atoms with Crippen molar-refractivity contribution in [1.82, 2.24) is 4.90 Å². The Bertz CT molecular complexity index is 1200. The van der Waals surface area contributed by atoms with Crippen molar-refractivity contribution in [2.45, 2.75) is 36.8 Å². The van der Waals surface area contributed by atoms with Crippen molar-refractivity contribution in [3.63, 3.8) is 0 Å². The number of rotatable bonds is 5. The molecule has 4 atom stereocenters. The largest absolute Gasteiger partial charge is 0.467 e. The minimum atomic E-state index is -0.607. The van der Waals surface area contributed by atoms with Gasteiger partial charge in [-0.15, -0.1) is 6.58 Å². The van der Waals surface area contributed by atoms with Crippen LogP contribution in [0.2, 0.25) is 0 Å². The number of amides is 1. The van der Waals surface area contributed by atoms with Gasteiger partial charge in [0.15, 0.2) is 0 Å². The number of hydrogen-bond donors (Lipinski definition) is 0. The SMILES string of the molecule is C=CCN1C(=O)[C@@H]2[C@@H](C3c4ccccc4C2([C@@H](C)OC)c2ccccc23)[C@]1(C)c1ccco1. The summed E-state index contributed by atoms with van der Waals surface area (Å²) >= 11 is 0. The second-order valence-electron chi connectivity index (χ2n) is 9.76. The molecule has 0 saturated carbocycles. The van der Waals surface area contributed by atoms with Crippen LogP contribution in [0.25, 0.3) is 0 Å². The zero-order valence-corrected chi connectivity index (χ0v) is 19.3. The number of ether oxygens (including phenoxy) is 1. The molecule has 3 aliphatic carbocycles. The molecule has 168 valence electrons. The molecule has 1 fully saturated rings. The van der Waals surface area contributed by atoms with E-state index in [1.165, 1.54) is 22.3 Å². The summed E-state index contributed by atoms with van der Waals surface area (Å²) in [7, 11) is 1.76. The summed E-state index contributed by atoms with van der Waals surface area (Å²) in [6.07, 6.45) is 3.34. The van der Waals surface area contributed by atoms with E-state index in [4.69, 9.17) is 9.15 Å². The molecule has 4 heteroatoms. The quantitative estimate of drug-likeness (QED) is 0.511. The van der Waals surface area contributed by atoms with Gasteiger partial charge in [0.1, 0.15) is 11.3 Å². The van der Waals surface area contributed by atoms with Gasteiger partial charge in [-0.05, 0) is 48.2 Å². The summed E-state index contributed by atoms with van der Waals surface area (Å²) in [5.74, 6) is 0.794. The van der Waals surface area contributed by atoms with Crippen LogP contribution in [0.4, 0.5) is 0 Å². The Labute approximate surface area is 194 Å². The van der Waals surface area contributed by atoms with E-state index in [2.05, 4.69) is 69.0 Å². The van der Waals surface area contributed by atoms with E-state index < -0.39 is 11.0 Å². The van der Waals surface area contributed by atoms with Gasteiger partial charge in [-0.3, -0.25) is 4.79 Å². The first-order valence-corrected chi connectivity index (χ1v) is 11.7. The summed E-state index contributed by atoms with van der Waals surface area (Å²) < 4.78 is 12.2. The highest BCUT2D eigenvalue weighted by atomic mass is 16.5. The standard InChI is InChI=1S/C29H29NO3/c1-5-16-30-27(31)26-25(28(30,3)23-15-10-17-33-23)24-19-11-6-8-13-21(19)29(26,18(2)32-4)22-14-9-7-12-20(22)24/h5-15,17-18,24-26H,1,16H2,2-4H3/t18-,24?,25-,26+,28+,29?/m1/s1. The van der Waals surface area contributed by atoms with Gasteiger partial charge in [-0.1, -0.05) is 54.6 Å². The zero-order chi connectivity index (χ0) is 23.0. The average Bonchev–Trinajstić information content (AvgIpc) is 3.47. The summed E-state index contributed by atoms with van der Waals surface area (Å²) in [6.45, 7) is 8.74. The monoisotopic (exact) mass is 439 g/mol. The number of hydrogen-bond acceptors (Lipinski definition) is 3. The van der Waals surface area contributed by atoms with E-state index in [1.807, 2.05) is 23.1 Å². The molecule has 7 rings (SSSR count). The van der Waals surface area contributed by atoms with Crippen molar-refractivity contribution in [2.24, 2.45) is 11.8 Å². The lowest BCUT2D eigenvalue weighted by Crippen LogP contribution is -2.60. The van der Waals surface area contributed by atoms with Crippen molar-refractivity contribution in [3.8, 4) is 0 Å². The van der Waals surface area contributed by atoms with Crippen LogP contribution >= 0.6 is 0 Å². The molecule has 1 aliphatic heterocycles. The fraction of sp³-hybridized carbons (Fsp3) is 0.345. The Balaban J connectivity index is 1.75. The maximum atomic E-state index is 14.5. The van der Waals surface area contributed by atoms with E-state index in [0.717, 1.165) is 5.76 Å². The Hall–Kier alpha value is -3.11. The predicted octanol–water partition coefficient (Wildman–Crippen LogP) is 5.24. The van der Waals surface area contributed by atoms with Crippen LogP contribution in [-0.2, 0) is 20.5 Å². The fourth-order valence-corrected chi connectivity index (χ4v) is 7.52. The minimum Gasteiger partial charge on any atom is -0.467 e. The number of carbonyl (C=O) groups is 1. The number of likely N-dealkylation sites (tertiary alicyclic amines) is 1. The van der Waals surface area contributed by atoms with Crippen molar-refractivity contribution in [3.05, 3.63) is 108 Å². The molecule has 1 aromatic heterocycles. The van der Waals surface area contributed by atoms with Gasteiger partial charge in [0.25, 0.3) is 0 Å². The van der Waals surface area contributed by atoms with Gasteiger partial charge >= 0.3 is 0 Å². The molecule has 2 heterocycles. The third kappa shape index (κ3) is 2.23. The van der Waals surface area contributed by atoms with E-state index in [1.54, 1.807) is 13.4 Å². The highest BCUT2D eigenvalue weighted by Crippen LogP contribution is 2.70. The molecule has 4 aliphatic rings. The van der Waals surface area contributed by atoms with Crippen LogP contribution in [0.15, 0.2) is 84.0 Å². The first kappa shape index (κ1) is 20.5. The van der Waals surface area contributed by atoms with Crippen molar-refractivity contribution >= 4 is 5.91 Å². The lowest BCUT2D eigenvalue weighted by atomic mass is 9.44. The molecule has 3 aromatic rings. The van der Waals surface area contributed by atoms with Crippen molar-refractivity contribution < 1.29 is 13.9 Å². The summed E-state index contributed by atoms with van der Waals surface area (Å²) in [5, 5.41) is 0. The number of methoxy groups -OCH3 is 1. The molecule has 0 unspecified atom stereocenters. The van der Waals surface area contributed by atoms with E-state index >= 15 is 0 Å². The molecular formula is C29H29NO3. The minimum absolute atomic E-state index is 0.00139. The first-order valence-electron chi connectivity index (χ1n) is 11.7. The smallest absolute Gasteiger partial charge is 0.228 e. The molecular weight excluding hydrogens is 410 g/mol. The molecule has 0 spiro atoms. The maximum Gasteiger partial charge on any atom is 0.228 e. The topological polar surface area (TPSA) is 42.7 Å². The van der Waals surface area contributed by atoms with Gasteiger partial charge < -0.3 is 14.1 Å². The van der Waals surface area contributed by atoms with Crippen LogP contribution in [0.3, 0.4) is 0 Å². The number of carbonyl (C=O) groups excluding carboxylic acids is 1. The zero-order valence-electron chi connectivity index (χ0n) is 19.3. The van der Waals surface area contributed by atoms with Gasteiger partial charge in [-0.25, -0.2) is 0 Å². The Morgan fingerprint density at radius 3 is 2.27 bits per heavy atom. The normalized spacial score (nSPS) is 32.3. The van der Waals surface area contributed by atoms with E-state index in [9.17, 15) is 4.79 Å². The van der Waals surface area contributed by atoms with Gasteiger partial charge in [0.05, 0.1) is 23.7 Å². The summed E-state index contributed by atoms with van der Waals surface area (Å²) in [5.41, 5.74) is 3.85. The lowest BCUT2D eigenvalue weighted by molar-refractivity contribution is -0.136. The Kier molecular flexibility index (Phi) is 4.31. The van der Waals surface area contributed by atoms with Crippen LogP contribution in [0.5, 0.6) is 0 Å². The predicted molar refractivity (Wildman–Crippen MR) is 127 cm³/mol. The lowest BCUT2D eigenvalue weighted by Gasteiger charge is -2.58. The van der Waals surface area contributed by atoms with Crippen LogP contribution in [-0.4, -0.2) is 30.6 Å². The Morgan fingerprint density at radius 1 is 1.09 bits per heavy atom. The van der Waals surface area contributed by atoms with E-state index in [-0.39, 0.29) is 29.8 Å². The first-order chi connectivity index (χ1) is 16.0. The van der Waals surface area contributed by atoms with Crippen LogP contribution in [0, 0.1) is 11.8 Å². The maximum absolute atomic E-state index is 14.5. The highest BCUT2D eigenvalue weighted by molar-refractivity contribution is 5.89. The van der Waals surface area contributed by atoms with Crippen molar-refractivity contribution in [2.75, 3.05) is 13.7 Å². The van der Waals surface area contributed by atoms with E-state index in [0.29, 0.717) is 6.54 Å². The summed E-state index contributed by atoms with van der Waals surface area (Å²) in [6, 6.07) is 21.2. The second-order valence-corrected chi connectivity index (χ2v) is 9.76. The number of furan rings is 1. The molecule has 1 amide bonds. The molecule has 33 heavy (non-hydrogen) atoms. The molecule has 0 N–H and O–H groups in total. The molecule has 0 radical (unpaired) electrons. The average molecular weight is 440 g/mol. The third-order valence-corrected chi connectivity index (χ3v) is 8.76. The third-order valence-electron chi connectivity index (χ3n) is 8.76. The highest BCUT2D eigenvalue weighted by Gasteiger charge is 2.73. The summed E-state index contributed by atoms with van der Waals surface area (Å²) in [4.78, 5) is 16.5.